The second-order valence-corrected chi connectivity index (χ2v) is 7.16. The molecule has 3 N–H and O–H groups in total. The van der Waals surface area contributed by atoms with Gasteiger partial charge in [-0.3, -0.25) is 9.89 Å². The van der Waals surface area contributed by atoms with E-state index in [2.05, 4.69) is 20.8 Å². The molecule has 1 fully saturated rings. The summed E-state index contributed by atoms with van der Waals surface area (Å²) in [4.78, 5) is 26.1. The zero-order valence-electron chi connectivity index (χ0n) is 14.6. The third-order valence-electron chi connectivity index (χ3n) is 3.95. The van der Waals surface area contributed by atoms with Crippen LogP contribution in [0.4, 0.5) is 4.79 Å². The number of urea groups is 1. The second-order valence-electron chi connectivity index (χ2n) is 7.16. The van der Waals surface area contributed by atoms with E-state index in [-0.39, 0.29) is 30.1 Å². The minimum absolute atomic E-state index is 0.0112. The van der Waals surface area contributed by atoms with Crippen molar-refractivity contribution in [2.75, 3.05) is 13.1 Å². The first-order valence-corrected chi connectivity index (χ1v) is 8.06. The average molecular weight is 321 g/mol. The van der Waals surface area contributed by atoms with Crippen LogP contribution in [0.5, 0.6) is 0 Å². The molecule has 0 unspecified atom stereocenters. The van der Waals surface area contributed by atoms with Gasteiger partial charge in [-0.15, -0.1) is 0 Å². The topological polar surface area (TPSA) is 90.1 Å². The molecule has 1 aromatic rings. The quantitative estimate of drug-likeness (QED) is 0.793. The summed E-state index contributed by atoms with van der Waals surface area (Å²) in [5.74, 6) is -0.183. The molecule has 3 amide bonds. The second kappa shape index (κ2) is 6.60. The van der Waals surface area contributed by atoms with Crippen LogP contribution in [0, 0.1) is 13.8 Å². The number of hydrogen-bond donors (Lipinski definition) is 3. The van der Waals surface area contributed by atoms with Gasteiger partial charge in [0.2, 0.25) is 5.91 Å². The van der Waals surface area contributed by atoms with Gasteiger partial charge in [-0.25, -0.2) is 4.79 Å². The summed E-state index contributed by atoms with van der Waals surface area (Å²) in [7, 11) is 0. The van der Waals surface area contributed by atoms with Crippen molar-refractivity contribution < 1.29 is 9.59 Å². The Morgan fingerprint density at radius 3 is 2.61 bits per heavy atom. The predicted octanol–water partition coefficient (Wildman–Crippen LogP) is 1.79. The molecule has 23 heavy (non-hydrogen) atoms. The molecular weight excluding hydrogens is 294 g/mol. The van der Waals surface area contributed by atoms with Gasteiger partial charge in [0.15, 0.2) is 0 Å². The third-order valence-corrected chi connectivity index (χ3v) is 3.95. The van der Waals surface area contributed by atoms with Crippen molar-refractivity contribution in [1.82, 2.24) is 25.7 Å². The van der Waals surface area contributed by atoms with E-state index in [0.29, 0.717) is 6.54 Å². The van der Waals surface area contributed by atoms with E-state index >= 15 is 0 Å². The lowest BCUT2D eigenvalue weighted by molar-refractivity contribution is -0.121. The van der Waals surface area contributed by atoms with Crippen LogP contribution in [0.15, 0.2) is 0 Å². The van der Waals surface area contributed by atoms with Crippen molar-refractivity contribution >= 4 is 11.9 Å². The number of hydrogen-bond acceptors (Lipinski definition) is 3. The monoisotopic (exact) mass is 321 g/mol. The highest BCUT2D eigenvalue weighted by Crippen LogP contribution is 2.34. The van der Waals surface area contributed by atoms with Crippen molar-refractivity contribution in [3.63, 3.8) is 0 Å². The summed E-state index contributed by atoms with van der Waals surface area (Å²) in [6, 6.07) is -0.170. The number of nitrogens with zero attached hydrogens (tertiary/aromatic N) is 2. The van der Waals surface area contributed by atoms with Crippen LogP contribution in [-0.4, -0.2) is 45.7 Å². The number of aromatic nitrogens is 2. The fourth-order valence-electron chi connectivity index (χ4n) is 3.08. The maximum Gasteiger partial charge on any atom is 0.318 e. The number of carbonyl (C=O) groups is 2. The molecule has 1 aromatic heterocycles. The molecule has 1 atom stereocenters. The summed E-state index contributed by atoms with van der Waals surface area (Å²) in [6.45, 7) is 10.3. The number of rotatable bonds is 3. The molecular formula is C16H27N5O2. The van der Waals surface area contributed by atoms with Crippen molar-refractivity contribution in [3.05, 3.63) is 17.0 Å². The molecule has 2 heterocycles. The number of aromatic amines is 1. The van der Waals surface area contributed by atoms with Gasteiger partial charge in [0.05, 0.1) is 18.3 Å². The van der Waals surface area contributed by atoms with Crippen molar-refractivity contribution in [1.29, 1.82) is 0 Å². The van der Waals surface area contributed by atoms with Gasteiger partial charge in [-0.05, 0) is 47.5 Å². The fourth-order valence-corrected chi connectivity index (χ4v) is 3.08. The zero-order valence-corrected chi connectivity index (χ0v) is 14.6. The highest BCUT2D eigenvalue weighted by atomic mass is 16.2. The first-order valence-electron chi connectivity index (χ1n) is 8.06. The molecule has 128 valence electrons. The number of H-pyrrole nitrogens is 1. The van der Waals surface area contributed by atoms with Crippen LogP contribution >= 0.6 is 0 Å². The Labute approximate surface area is 137 Å². The van der Waals surface area contributed by atoms with Crippen LogP contribution in [0.25, 0.3) is 0 Å². The van der Waals surface area contributed by atoms with Crippen LogP contribution in [-0.2, 0) is 4.79 Å². The smallest absolute Gasteiger partial charge is 0.318 e. The lowest BCUT2D eigenvalue weighted by Crippen LogP contribution is -2.48. The molecule has 1 aliphatic heterocycles. The summed E-state index contributed by atoms with van der Waals surface area (Å²) < 4.78 is 0. The Kier molecular flexibility index (Phi) is 4.97. The highest BCUT2D eigenvalue weighted by Gasteiger charge is 2.33. The summed E-state index contributed by atoms with van der Waals surface area (Å²) in [5.41, 5.74) is 2.72. The maximum atomic E-state index is 12.4. The van der Waals surface area contributed by atoms with Crippen LogP contribution in [0.3, 0.4) is 0 Å². The van der Waals surface area contributed by atoms with Crippen LogP contribution in [0.1, 0.15) is 56.6 Å². The SMILES string of the molecule is Cc1n[nH]c(C)c1[C@H]1CCCN1C(=O)NCC(=O)NC(C)(C)C. The van der Waals surface area contributed by atoms with Crippen LogP contribution < -0.4 is 10.6 Å². The molecule has 2 rings (SSSR count). The molecule has 0 aromatic carbocycles. The summed E-state index contributed by atoms with van der Waals surface area (Å²) in [6.07, 6.45) is 1.87. The predicted molar refractivity (Wildman–Crippen MR) is 88.0 cm³/mol. The number of amides is 3. The Balaban J connectivity index is 1.98. The number of carbonyl (C=O) groups excluding carboxylic acids is 2. The van der Waals surface area contributed by atoms with Gasteiger partial charge in [-0.2, -0.15) is 5.10 Å². The van der Waals surface area contributed by atoms with E-state index in [9.17, 15) is 9.59 Å². The normalized spacial score (nSPS) is 18.1. The molecule has 0 saturated carbocycles. The van der Waals surface area contributed by atoms with Gasteiger partial charge < -0.3 is 15.5 Å². The zero-order chi connectivity index (χ0) is 17.2. The Morgan fingerprint density at radius 2 is 2.04 bits per heavy atom. The molecule has 0 spiro atoms. The van der Waals surface area contributed by atoms with E-state index in [1.807, 2.05) is 34.6 Å². The molecule has 1 aliphatic rings. The molecule has 1 saturated heterocycles. The summed E-state index contributed by atoms with van der Waals surface area (Å²) >= 11 is 0. The minimum atomic E-state index is -0.303. The van der Waals surface area contributed by atoms with Gasteiger partial charge in [0, 0.05) is 23.3 Å². The van der Waals surface area contributed by atoms with E-state index in [1.54, 1.807) is 4.90 Å². The van der Waals surface area contributed by atoms with Gasteiger partial charge >= 0.3 is 6.03 Å². The van der Waals surface area contributed by atoms with E-state index in [0.717, 1.165) is 29.8 Å². The Hall–Kier alpha value is -2.05. The number of likely N-dealkylation sites (tertiary alicyclic amines) is 1. The van der Waals surface area contributed by atoms with E-state index < -0.39 is 0 Å². The molecule has 0 aliphatic carbocycles. The minimum Gasteiger partial charge on any atom is -0.350 e. The Bertz CT molecular complexity index is 568. The third kappa shape index (κ3) is 4.24. The Morgan fingerprint density at radius 1 is 1.35 bits per heavy atom. The summed E-state index contributed by atoms with van der Waals surface area (Å²) in [5, 5.41) is 12.8. The van der Waals surface area contributed by atoms with Crippen molar-refractivity contribution in [2.45, 2.75) is 59.0 Å². The van der Waals surface area contributed by atoms with Crippen LogP contribution in [0.2, 0.25) is 0 Å². The standard InChI is InChI=1S/C16H27N5O2/c1-10-14(11(2)20-19-10)12-7-6-8-21(12)15(23)17-9-13(22)18-16(3,4)5/h12H,6-9H2,1-5H3,(H,17,23)(H,18,22)(H,19,20)/t12-/m1/s1. The first kappa shape index (κ1) is 17.3. The lowest BCUT2D eigenvalue weighted by Gasteiger charge is -2.26. The van der Waals surface area contributed by atoms with Crippen molar-refractivity contribution in [2.24, 2.45) is 0 Å². The van der Waals surface area contributed by atoms with Gasteiger partial charge in [0.25, 0.3) is 0 Å². The molecule has 0 bridgehead atoms. The van der Waals surface area contributed by atoms with Gasteiger partial charge in [-0.1, -0.05) is 0 Å². The average Bonchev–Trinajstić information content (AvgIpc) is 3.01. The number of nitrogens with one attached hydrogen (secondary N) is 3. The number of aryl methyl sites for hydroxylation is 2. The van der Waals surface area contributed by atoms with Gasteiger partial charge in [0.1, 0.15) is 0 Å². The highest BCUT2D eigenvalue weighted by molar-refractivity contribution is 5.84. The maximum absolute atomic E-state index is 12.4. The van der Waals surface area contributed by atoms with E-state index in [4.69, 9.17) is 0 Å². The fraction of sp³-hybridized carbons (Fsp3) is 0.688. The van der Waals surface area contributed by atoms with Crippen molar-refractivity contribution in [3.8, 4) is 0 Å². The molecule has 0 radical (unpaired) electrons. The molecule has 7 heteroatoms. The molecule has 7 nitrogen and oxygen atoms in total. The van der Waals surface area contributed by atoms with E-state index in [1.165, 1.54) is 0 Å². The lowest BCUT2D eigenvalue weighted by atomic mass is 10.0. The first-order chi connectivity index (χ1) is 10.7. The largest absolute Gasteiger partial charge is 0.350 e.